The van der Waals surface area contributed by atoms with E-state index >= 15 is 0 Å². The van der Waals surface area contributed by atoms with Crippen LogP contribution in [0.25, 0.3) is 0 Å². The number of nitrogens with one attached hydrogen (secondary N) is 3. The second-order valence-corrected chi connectivity index (χ2v) is 11.5. The molecule has 1 rings (SSSR count). The summed E-state index contributed by atoms with van der Waals surface area (Å²) in [7, 11) is 0. The smallest absolute Gasteiger partial charge is 0.228 e. The number of aryl methyl sites for hydroxylation is 2. The Balaban J connectivity index is 2.31. The highest BCUT2D eigenvalue weighted by molar-refractivity contribution is 7.80. The molecule has 0 radical (unpaired) electrons. The fourth-order valence-corrected chi connectivity index (χ4v) is 4.10. The highest BCUT2D eigenvalue weighted by atomic mass is 35.6. The summed E-state index contributed by atoms with van der Waals surface area (Å²) in [6, 6.07) is 6.01. The summed E-state index contributed by atoms with van der Waals surface area (Å²) in [4.78, 5) is 12.4. The number of carbonyl (C=O) groups is 1. The largest absolute Gasteiger partial charge is 0.339 e. The molecule has 0 spiro atoms. The second-order valence-electron chi connectivity index (χ2n) is 8.74. The number of alkyl halides is 3. The molecule has 0 unspecified atom stereocenters. The number of thiocarbonyl (C=S) groups is 1. The van der Waals surface area contributed by atoms with Crippen LogP contribution in [0, 0.1) is 13.8 Å². The first kappa shape index (κ1) is 30.3. The van der Waals surface area contributed by atoms with Crippen molar-refractivity contribution in [2.75, 3.05) is 5.32 Å². The van der Waals surface area contributed by atoms with E-state index < -0.39 is 9.96 Å². The molecule has 0 aliphatic carbocycles. The van der Waals surface area contributed by atoms with Gasteiger partial charge in [0.25, 0.3) is 0 Å². The zero-order valence-electron chi connectivity index (χ0n) is 20.2. The van der Waals surface area contributed by atoms with Crippen molar-refractivity contribution < 1.29 is 4.79 Å². The summed E-state index contributed by atoms with van der Waals surface area (Å²) >= 11 is 23.6. The van der Waals surface area contributed by atoms with Gasteiger partial charge in [-0.05, 0) is 49.7 Å². The van der Waals surface area contributed by atoms with E-state index in [1.54, 1.807) is 0 Å². The average Bonchev–Trinajstić information content (AvgIpc) is 2.73. The van der Waals surface area contributed by atoms with E-state index in [1.807, 2.05) is 32.0 Å². The number of halogens is 3. The van der Waals surface area contributed by atoms with Gasteiger partial charge in [-0.3, -0.25) is 4.79 Å². The van der Waals surface area contributed by atoms with Crippen LogP contribution in [-0.2, 0) is 4.79 Å². The molecule has 3 N–H and O–H groups in total. The lowest BCUT2D eigenvalue weighted by atomic mass is 10.1. The van der Waals surface area contributed by atoms with Crippen molar-refractivity contribution in [2.24, 2.45) is 0 Å². The van der Waals surface area contributed by atoms with Gasteiger partial charge >= 0.3 is 0 Å². The second kappa shape index (κ2) is 16.8. The zero-order chi connectivity index (χ0) is 24.7. The lowest BCUT2D eigenvalue weighted by molar-refractivity contribution is -0.122. The number of anilines is 1. The fourth-order valence-electron chi connectivity index (χ4n) is 3.54. The summed E-state index contributed by atoms with van der Waals surface area (Å²) in [6.45, 7) is 6.22. The predicted octanol–water partition coefficient (Wildman–Crippen LogP) is 8.10. The van der Waals surface area contributed by atoms with Crippen molar-refractivity contribution in [1.29, 1.82) is 0 Å². The zero-order valence-corrected chi connectivity index (χ0v) is 23.3. The number of hydrogen-bond donors (Lipinski definition) is 3. The Kier molecular flexibility index (Phi) is 15.4. The van der Waals surface area contributed by atoms with E-state index in [2.05, 4.69) is 22.9 Å². The lowest BCUT2D eigenvalue weighted by Gasteiger charge is -2.28. The van der Waals surface area contributed by atoms with Gasteiger partial charge in [0.15, 0.2) is 5.11 Å². The molecular formula is C25H40Cl3N3OS. The number of hydrogen-bond acceptors (Lipinski definition) is 2. The molecule has 0 aliphatic heterocycles. The van der Waals surface area contributed by atoms with Crippen LogP contribution >= 0.6 is 47.0 Å². The van der Waals surface area contributed by atoms with Crippen LogP contribution in [0.5, 0.6) is 0 Å². The summed E-state index contributed by atoms with van der Waals surface area (Å²) in [6.07, 6.45) is 13.0. The monoisotopic (exact) mass is 535 g/mol. The Morgan fingerprint density at radius 2 is 1.45 bits per heavy atom. The molecule has 1 atom stereocenters. The Hall–Kier alpha value is -0.750. The van der Waals surface area contributed by atoms with E-state index in [-0.39, 0.29) is 11.0 Å². The molecule has 1 aromatic rings. The van der Waals surface area contributed by atoms with Crippen molar-refractivity contribution in [2.45, 2.75) is 108 Å². The molecule has 0 heterocycles. The van der Waals surface area contributed by atoms with Gasteiger partial charge in [-0.2, -0.15) is 0 Å². The van der Waals surface area contributed by atoms with Gasteiger partial charge in [0.1, 0.15) is 6.17 Å². The van der Waals surface area contributed by atoms with Gasteiger partial charge in [0.05, 0.1) is 0 Å². The van der Waals surface area contributed by atoms with Crippen LogP contribution in [0.4, 0.5) is 5.69 Å². The van der Waals surface area contributed by atoms with Crippen LogP contribution in [0.3, 0.4) is 0 Å². The number of amides is 1. The maximum Gasteiger partial charge on any atom is 0.228 e. The maximum absolute atomic E-state index is 12.4. The van der Waals surface area contributed by atoms with Gasteiger partial charge < -0.3 is 16.0 Å². The van der Waals surface area contributed by atoms with Crippen molar-refractivity contribution >= 4 is 63.7 Å². The highest BCUT2D eigenvalue weighted by Crippen LogP contribution is 2.29. The van der Waals surface area contributed by atoms with E-state index in [1.165, 1.54) is 51.4 Å². The van der Waals surface area contributed by atoms with E-state index in [0.29, 0.717) is 6.42 Å². The number of carbonyl (C=O) groups excluding carboxylic acids is 1. The molecule has 0 fully saturated rings. The molecule has 1 aromatic carbocycles. The fraction of sp³-hybridized carbons (Fsp3) is 0.680. The highest BCUT2D eigenvalue weighted by Gasteiger charge is 2.34. The minimum atomic E-state index is -1.75. The van der Waals surface area contributed by atoms with Gasteiger partial charge in [0.2, 0.25) is 9.70 Å². The lowest BCUT2D eigenvalue weighted by Crippen LogP contribution is -2.56. The average molecular weight is 537 g/mol. The summed E-state index contributed by atoms with van der Waals surface area (Å²) in [5.74, 6) is -0.163. The molecule has 8 heteroatoms. The molecule has 0 saturated heterocycles. The third kappa shape index (κ3) is 14.3. The molecule has 0 bridgehead atoms. The molecule has 33 heavy (non-hydrogen) atoms. The minimum absolute atomic E-state index is 0.163. The summed E-state index contributed by atoms with van der Waals surface area (Å²) < 4.78 is -1.75. The first-order valence-electron chi connectivity index (χ1n) is 12.1. The van der Waals surface area contributed by atoms with Crippen molar-refractivity contribution in [3.8, 4) is 0 Å². The minimum Gasteiger partial charge on any atom is -0.339 e. The molecule has 4 nitrogen and oxygen atoms in total. The van der Waals surface area contributed by atoms with Crippen LogP contribution in [0.1, 0.15) is 95.1 Å². The van der Waals surface area contributed by atoms with Crippen LogP contribution in [-0.4, -0.2) is 21.0 Å². The third-order valence-electron chi connectivity index (χ3n) is 5.56. The SMILES string of the molecule is CCCCCCCCCCCCCC(=O)N[C@H](NC(=S)Nc1cc(C)ccc1C)C(Cl)(Cl)Cl. The Bertz CT molecular complexity index is 725. The van der Waals surface area contributed by atoms with Crippen molar-refractivity contribution in [1.82, 2.24) is 10.6 Å². The first-order chi connectivity index (χ1) is 15.6. The Labute approximate surface area is 220 Å². The van der Waals surface area contributed by atoms with E-state index in [0.717, 1.165) is 36.1 Å². The van der Waals surface area contributed by atoms with Gasteiger partial charge in [-0.15, -0.1) is 0 Å². The van der Waals surface area contributed by atoms with Crippen molar-refractivity contribution in [3.05, 3.63) is 29.3 Å². The standard InChI is InChI=1S/C25H40Cl3N3OS/c1-4-5-6-7-8-9-10-11-12-13-14-15-22(32)30-23(25(26,27)28)31-24(33)29-21-18-19(2)16-17-20(21)3/h16-18,23H,4-15H2,1-3H3,(H,30,32)(H2,29,31,33)/t23-/m1/s1. The third-order valence-corrected chi connectivity index (χ3v) is 6.43. The molecular weight excluding hydrogens is 497 g/mol. The number of unbranched alkanes of at least 4 members (excludes halogenated alkanes) is 10. The molecule has 0 saturated carbocycles. The topological polar surface area (TPSA) is 53.2 Å². The van der Waals surface area contributed by atoms with Gasteiger partial charge in [-0.1, -0.05) is 118 Å². The molecule has 0 aliphatic rings. The Morgan fingerprint density at radius 1 is 0.909 bits per heavy atom. The normalized spacial score (nSPS) is 12.3. The maximum atomic E-state index is 12.4. The van der Waals surface area contributed by atoms with Crippen LogP contribution < -0.4 is 16.0 Å². The Morgan fingerprint density at radius 3 is 2.00 bits per heavy atom. The van der Waals surface area contributed by atoms with Gasteiger partial charge in [-0.25, -0.2) is 0 Å². The molecule has 0 aromatic heterocycles. The summed E-state index contributed by atoms with van der Waals surface area (Å²) in [5, 5.41) is 9.06. The van der Waals surface area contributed by atoms with E-state index in [9.17, 15) is 4.79 Å². The predicted molar refractivity (Wildman–Crippen MR) is 149 cm³/mol. The van der Waals surface area contributed by atoms with Gasteiger partial charge in [0, 0.05) is 12.1 Å². The number of benzene rings is 1. The quantitative estimate of drug-likeness (QED) is 0.0917. The van der Waals surface area contributed by atoms with Crippen LogP contribution in [0.2, 0.25) is 0 Å². The number of rotatable bonds is 15. The molecule has 1 amide bonds. The molecule has 188 valence electrons. The summed E-state index contributed by atoms with van der Waals surface area (Å²) in [5.41, 5.74) is 3.00. The van der Waals surface area contributed by atoms with Crippen LogP contribution in [0.15, 0.2) is 18.2 Å². The first-order valence-corrected chi connectivity index (χ1v) is 13.7. The van der Waals surface area contributed by atoms with Crippen molar-refractivity contribution in [3.63, 3.8) is 0 Å². The van der Waals surface area contributed by atoms with E-state index in [4.69, 9.17) is 47.0 Å².